The maximum atomic E-state index is 12.1. The normalized spacial score (nSPS) is 22.4. The van der Waals surface area contributed by atoms with Crippen LogP contribution in [0.2, 0.25) is 0 Å². The largest absolute Gasteiger partial charge is 0.481 e. The molecule has 21 heavy (non-hydrogen) atoms. The van der Waals surface area contributed by atoms with Gasteiger partial charge in [-0.05, 0) is 33.5 Å². The fourth-order valence-electron chi connectivity index (χ4n) is 2.54. The molecule has 2 atom stereocenters. The van der Waals surface area contributed by atoms with Crippen LogP contribution in [0.4, 0.5) is 11.4 Å². The topological polar surface area (TPSA) is 110 Å². The third kappa shape index (κ3) is 2.76. The number of carbonyl (C=O) groups is 2. The summed E-state index contributed by atoms with van der Waals surface area (Å²) in [6.07, 6.45) is 0. The number of carboxylic acids is 1. The maximum absolute atomic E-state index is 12.1. The van der Waals surface area contributed by atoms with Crippen molar-refractivity contribution in [3.8, 4) is 0 Å². The van der Waals surface area contributed by atoms with Gasteiger partial charge in [-0.2, -0.15) is 0 Å². The molecule has 2 rings (SSSR count). The van der Waals surface area contributed by atoms with Crippen molar-refractivity contribution >= 4 is 39.2 Å². The molecule has 0 spiro atoms. The fourth-order valence-corrected chi connectivity index (χ4v) is 3.06. The van der Waals surface area contributed by atoms with Gasteiger partial charge in [-0.1, -0.05) is 13.8 Å². The van der Waals surface area contributed by atoms with Crippen molar-refractivity contribution in [1.82, 2.24) is 0 Å². The molecular formula is C13H13BrN2O5. The van der Waals surface area contributed by atoms with E-state index in [-0.39, 0.29) is 10.2 Å². The Bertz CT molecular complexity index is 643. The van der Waals surface area contributed by atoms with Gasteiger partial charge in [-0.3, -0.25) is 19.7 Å². The molecule has 7 nitrogen and oxygen atoms in total. The molecule has 0 aliphatic heterocycles. The lowest BCUT2D eigenvalue weighted by Gasteiger charge is -2.06. The molecule has 0 bridgehead atoms. The average Bonchev–Trinajstić information content (AvgIpc) is 2.92. The quantitative estimate of drug-likeness (QED) is 0.636. The third-order valence-electron chi connectivity index (χ3n) is 3.79. The molecule has 8 heteroatoms. The summed E-state index contributed by atoms with van der Waals surface area (Å²) in [6, 6.07) is 4.10. The first-order valence-electron chi connectivity index (χ1n) is 6.14. The van der Waals surface area contributed by atoms with E-state index in [0.717, 1.165) is 0 Å². The van der Waals surface area contributed by atoms with Crippen molar-refractivity contribution < 1.29 is 19.6 Å². The van der Waals surface area contributed by atoms with E-state index in [2.05, 4.69) is 21.2 Å². The lowest BCUT2D eigenvalue weighted by molar-refractivity contribution is -0.385. The van der Waals surface area contributed by atoms with E-state index in [9.17, 15) is 19.7 Å². The minimum absolute atomic E-state index is 0.108. The molecule has 1 aromatic rings. The summed E-state index contributed by atoms with van der Waals surface area (Å²) in [4.78, 5) is 33.3. The monoisotopic (exact) mass is 356 g/mol. The number of aliphatic carboxylic acids is 1. The molecule has 1 aliphatic rings. The summed E-state index contributed by atoms with van der Waals surface area (Å²) in [5.74, 6) is -2.71. The first-order chi connectivity index (χ1) is 9.66. The van der Waals surface area contributed by atoms with E-state index >= 15 is 0 Å². The zero-order chi connectivity index (χ0) is 15.9. The van der Waals surface area contributed by atoms with Crippen LogP contribution in [0.5, 0.6) is 0 Å². The summed E-state index contributed by atoms with van der Waals surface area (Å²) >= 11 is 3.06. The second-order valence-corrected chi connectivity index (χ2v) is 6.38. The molecule has 1 amide bonds. The minimum atomic E-state index is -0.995. The van der Waals surface area contributed by atoms with Crippen LogP contribution >= 0.6 is 15.9 Å². The lowest BCUT2D eigenvalue weighted by atomic mass is 10.1. The number of anilines is 1. The van der Waals surface area contributed by atoms with Crippen LogP contribution < -0.4 is 5.32 Å². The Balaban J connectivity index is 2.13. The fraction of sp³-hybridized carbons (Fsp3) is 0.385. The summed E-state index contributed by atoms with van der Waals surface area (Å²) in [6.45, 7) is 3.45. The molecular weight excluding hydrogens is 344 g/mol. The first-order valence-corrected chi connectivity index (χ1v) is 6.93. The number of carbonyl (C=O) groups excluding carboxylic acids is 1. The number of nitrogens with zero attached hydrogens (tertiary/aromatic N) is 1. The van der Waals surface area contributed by atoms with Crippen LogP contribution in [0.25, 0.3) is 0 Å². The summed E-state index contributed by atoms with van der Waals surface area (Å²) in [7, 11) is 0. The number of carboxylic acid groups (broad SMARTS) is 1. The molecule has 2 N–H and O–H groups in total. The Kier molecular flexibility index (Phi) is 3.75. The summed E-state index contributed by atoms with van der Waals surface area (Å²) < 4.78 is 0.246. The molecule has 0 heterocycles. The van der Waals surface area contributed by atoms with Crippen molar-refractivity contribution in [2.24, 2.45) is 17.3 Å². The van der Waals surface area contributed by atoms with Crippen molar-refractivity contribution in [3.05, 3.63) is 32.8 Å². The lowest BCUT2D eigenvalue weighted by Crippen LogP contribution is -2.17. The van der Waals surface area contributed by atoms with E-state index in [1.807, 2.05) is 0 Å². The van der Waals surface area contributed by atoms with Crippen LogP contribution in [-0.4, -0.2) is 21.9 Å². The van der Waals surface area contributed by atoms with Gasteiger partial charge in [0.25, 0.3) is 5.69 Å². The van der Waals surface area contributed by atoms with E-state index in [1.54, 1.807) is 13.8 Å². The van der Waals surface area contributed by atoms with Gasteiger partial charge in [0.05, 0.1) is 21.2 Å². The number of hydrogen-bond donors (Lipinski definition) is 2. The highest BCUT2D eigenvalue weighted by Crippen LogP contribution is 2.58. The number of nitro benzene ring substituents is 1. The van der Waals surface area contributed by atoms with Crippen molar-refractivity contribution in [3.63, 3.8) is 0 Å². The Morgan fingerprint density at radius 2 is 2.00 bits per heavy atom. The van der Waals surface area contributed by atoms with Crippen LogP contribution in [0.3, 0.4) is 0 Å². The number of hydrogen-bond acceptors (Lipinski definition) is 4. The van der Waals surface area contributed by atoms with E-state index in [1.165, 1.54) is 18.2 Å². The Morgan fingerprint density at radius 1 is 1.38 bits per heavy atom. The number of nitro groups is 1. The van der Waals surface area contributed by atoms with Crippen molar-refractivity contribution in [1.29, 1.82) is 0 Å². The van der Waals surface area contributed by atoms with Crippen LogP contribution in [0, 0.1) is 27.4 Å². The predicted octanol–water partition coefficient (Wildman–Crippen LogP) is 2.65. The van der Waals surface area contributed by atoms with E-state index in [4.69, 9.17) is 5.11 Å². The number of benzene rings is 1. The molecule has 0 saturated heterocycles. The van der Waals surface area contributed by atoms with Gasteiger partial charge in [0.1, 0.15) is 0 Å². The number of rotatable bonds is 4. The van der Waals surface area contributed by atoms with Gasteiger partial charge < -0.3 is 10.4 Å². The van der Waals surface area contributed by atoms with E-state index < -0.39 is 34.1 Å². The van der Waals surface area contributed by atoms with Crippen molar-refractivity contribution in [2.75, 3.05) is 5.32 Å². The Hall–Kier alpha value is -1.96. The van der Waals surface area contributed by atoms with Gasteiger partial charge >= 0.3 is 5.97 Å². The van der Waals surface area contributed by atoms with Gasteiger partial charge in [0.2, 0.25) is 5.91 Å². The standard InChI is InChI=1S/C13H13BrN2O5/c1-13(2)9(10(13)12(18)19)11(17)15-6-3-4-8(16(20)21)7(14)5-6/h3-5,9-10H,1-2H3,(H,15,17)(H,18,19)/t9-,10+/m1/s1. The molecule has 0 aromatic heterocycles. The minimum Gasteiger partial charge on any atom is -0.481 e. The summed E-state index contributed by atoms with van der Waals surface area (Å²) in [5.41, 5.74) is -0.319. The molecule has 1 saturated carbocycles. The van der Waals surface area contributed by atoms with Crippen LogP contribution in [0.15, 0.2) is 22.7 Å². The SMILES string of the molecule is CC1(C)[C@H](C(=O)O)[C@@H]1C(=O)Nc1ccc([N+](=O)[O-])c(Br)c1. The number of halogens is 1. The molecule has 112 valence electrons. The van der Waals surface area contributed by atoms with Gasteiger partial charge in [0.15, 0.2) is 0 Å². The second-order valence-electron chi connectivity index (χ2n) is 5.53. The Morgan fingerprint density at radius 3 is 2.43 bits per heavy atom. The third-order valence-corrected chi connectivity index (χ3v) is 4.42. The van der Waals surface area contributed by atoms with Crippen LogP contribution in [-0.2, 0) is 9.59 Å². The molecule has 1 aliphatic carbocycles. The zero-order valence-electron chi connectivity index (χ0n) is 11.3. The average molecular weight is 357 g/mol. The van der Waals surface area contributed by atoms with Crippen LogP contribution in [0.1, 0.15) is 13.8 Å². The maximum Gasteiger partial charge on any atom is 0.307 e. The van der Waals surface area contributed by atoms with Gasteiger partial charge in [-0.25, -0.2) is 0 Å². The second kappa shape index (κ2) is 5.10. The number of nitrogens with one attached hydrogen (secondary N) is 1. The molecule has 1 fully saturated rings. The smallest absolute Gasteiger partial charge is 0.307 e. The highest BCUT2D eigenvalue weighted by molar-refractivity contribution is 9.10. The number of amides is 1. The molecule has 0 radical (unpaired) electrons. The van der Waals surface area contributed by atoms with E-state index in [0.29, 0.717) is 5.69 Å². The zero-order valence-corrected chi connectivity index (χ0v) is 12.9. The predicted molar refractivity (Wildman–Crippen MR) is 77.8 cm³/mol. The summed E-state index contributed by atoms with van der Waals surface area (Å²) in [5, 5.41) is 22.3. The van der Waals surface area contributed by atoms with Gasteiger partial charge in [0, 0.05) is 11.8 Å². The Labute approximate surface area is 128 Å². The molecule has 1 aromatic carbocycles. The first kappa shape index (κ1) is 15.4. The van der Waals surface area contributed by atoms with Gasteiger partial charge in [-0.15, -0.1) is 0 Å². The van der Waals surface area contributed by atoms with Crippen molar-refractivity contribution in [2.45, 2.75) is 13.8 Å². The highest BCUT2D eigenvalue weighted by Gasteiger charge is 2.65. The highest BCUT2D eigenvalue weighted by atomic mass is 79.9. The molecule has 0 unspecified atom stereocenters.